The fraction of sp³-hybridized carbons (Fsp3) is 0.400. The molecule has 190 valence electrons. The SMILES string of the molecule is CC(C)(C)c1ccc(C(C)(C)C)c([O-])c1[O-].Cc1cccc(C(C)C)c1N=Cc1ccccn1.[Ni+2]. The van der Waals surface area contributed by atoms with Gasteiger partial charge in [0.25, 0.3) is 0 Å². The van der Waals surface area contributed by atoms with Gasteiger partial charge in [0.15, 0.2) is 0 Å². The second kappa shape index (κ2) is 12.4. The molecule has 0 saturated carbocycles. The van der Waals surface area contributed by atoms with Crippen LogP contribution >= 0.6 is 0 Å². The van der Waals surface area contributed by atoms with E-state index in [0.717, 1.165) is 11.4 Å². The first-order valence-corrected chi connectivity index (χ1v) is 11.8. The van der Waals surface area contributed by atoms with E-state index in [9.17, 15) is 10.2 Å². The van der Waals surface area contributed by atoms with Gasteiger partial charge in [0, 0.05) is 6.20 Å². The summed E-state index contributed by atoms with van der Waals surface area (Å²) in [4.78, 5) is 8.86. The van der Waals surface area contributed by atoms with Gasteiger partial charge in [-0.1, -0.05) is 103 Å². The van der Waals surface area contributed by atoms with Crippen molar-refractivity contribution in [1.82, 2.24) is 4.98 Å². The third-order valence-electron chi connectivity index (χ3n) is 5.63. The largest absolute Gasteiger partial charge is 2.00 e. The van der Waals surface area contributed by atoms with Crippen LogP contribution in [0.15, 0.2) is 59.7 Å². The normalized spacial score (nSPS) is 11.7. The molecule has 35 heavy (non-hydrogen) atoms. The van der Waals surface area contributed by atoms with Crippen LogP contribution in [0.2, 0.25) is 0 Å². The zero-order chi connectivity index (χ0) is 25.7. The summed E-state index contributed by atoms with van der Waals surface area (Å²) in [5, 5.41) is 23.9. The summed E-state index contributed by atoms with van der Waals surface area (Å²) in [6.07, 6.45) is 3.61. The van der Waals surface area contributed by atoms with Gasteiger partial charge in [-0.3, -0.25) is 9.98 Å². The summed E-state index contributed by atoms with van der Waals surface area (Å²) in [6.45, 7) is 18.1. The maximum atomic E-state index is 12.0. The summed E-state index contributed by atoms with van der Waals surface area (Å²) in [7, 11) is 0. The molecule has 0 aliphatic heterocycles. The molecule has 0 atom stereocenters. The minimum absolute atomic E-state index is 0. The van der Waals surface area contributed by atoms with Crippen molar-refractivity contribution in [2.24, 2.45) is 4.99 Å². The number of aliphatic imine (C=N–C) groups is 1. The zero-order valence-electron chi connectivity index (χ0n) is 22.4. The molecule has 0 aliphatic carbocycles. The molecule has 0 spiro atoms. The van der Waals surface area contributed by atoms with E-state index in [0.29, 0.717) is 17.0 Å². The Hall–Kier alpha value is -2.65. The number of nitrogens with zero attached hydrogens (tertiary/aromatic N) is 2. The number of hydrogen-bond acceptors (Lipinski definition) is 4. The molecule has 0 saturated heterocycles. The van der Waals surface area contributed by atoms with Gasteiger partial charge in [-0.25, -0.2) is 0 Å². The Morgan fingerprint density at radius 1 is 0.800 bits per heavy atom. The topological polar surface area (TPSA) is 71.4 Å². The van der Waals surface area contributed by atoms with Crippen molar-refractivity contribution in [3.8, 4) is 11.5 Å². The van der Waals surface area contributed by atoms with E-state index in [1.54, 1.807) is 18.3 Å². The van der Waals surface area contributed by atoms with Crippen LogP contribution in [0.3, 0.4) is 0 Å². The Kier molecular flexibility index (Phi) is 10.7. The molecule has 0 fully saturated rings. The number of pyridine rings is 1. The Balaban J connectivity index is 0.000000343. The van der Waals surface area contributed by atoms with Crippen LogP contribution in [-0.4, -0.2) is 11.2 Å². The maximum Gasteiger partial charge on any atom is 2.00 e. The molecule has 1 aromatic heterocycles. The fourth-order valence-electron chi connectivity index (χ4n) is 3.65. The van der Waals surface area contributed by atoms with E-state index < -0.39 is 0 Å². The number of hydrogen-bond donors (Lipinski definition) is 0. The van der Waals surface area contributed by atoms with Gasteiger partial charge in [0.05, 0.1) is 17.6 Å². The molecular weight excluding hydrogens is 479 g/mol. The molecule has 4 nitrogen and oxygen atoms in total. The van der Waals surface area contributed by atoms with Crippen LogP contribution < -0.4 is 10.2 Å². The first-order valence-electron chi connectivity index (χ1n) is 11.8. The first-order chi connectivity index (χ1) is 15.7. The summed E-state index contributed by atoms with van der Waals surface area (Å²) in [5.74, 6) is -0.222. The average Bonchev–Trinajstić information content (AvgIpc) is 2.74. The zero-order valence-corrected chi connectivity index (χ0v) is 23.4. The predicted octanol–water partition coefficient (Wildman–Crippen LogP) is 6.69. The number of benzene rings is 2. The predicted molar refractivity (Wildman–Crippen MR) is 139 cm³/mol. The second-order valence-electron chi connectivity index (χ2n) is 11.0. The molecule has 0 radical (unpaired) electrons. The van der Waals surface area contributed by atoms with Crippen LogP contribution in [0.4, 0.5) is 5.69 Å². The first kappa shape index (κ1) is 30.4. The molecule has 1 heterocycles. The molecule has 0 aliphatic rings. The van der Waals surface area contributed by atoms with E-state index in [-0.39, 0.29) is 38.8 Å². The quantitative estimate of drug-likeness (QED) is 0.287. The van der Waals surface area contributed by atoms with Crippen LogP contribution in [-0.2, 0) is 27.3 Å². The van der Waals surface area contributed by atoms with Crippen LogP contribution in [0.25, 0.3) is 0 Å². The van der Waals surface area contributed by atoms with Gasteiger partial charge in [-0.2, -0.15) is 0 Å². The van der Waals surface area contributed by atoms with Crippen molar-refractivity contribution in [3.05, 3.63) is 82.7 Å². The number of aryl methyl sites for hydroxylation is 1. The smallest absolute Gasteiger partial charge is 0.873 e. The van der Waals surface area contributed by atoms with Gasteiger partial charge in [0.1, 0.15) is 0 Å². The van der Waals surface area contributed by atoms with Crippen molar-refractivity contribution in [2.45, 2.75) is 79.1 Å². The third-order valence-corrected chi connectivity index (χ3v) is 5.63. The monoisotopic (exact) mass is 516 g/mol. The van der Waals surface area contributed by atoms with Gasteiger partial charge < -0.3 is 10.2 Å². The second-order valence-corrected chi connectivity index (χ2v) is 11.0. The van der Waals surface area contributed by atoms with E-state index in [2.05, 4.69) is 48.9 Å². The molecule has 0 N–H and O–H groups in total. The standard InChI is InChI=1S/C16H18N2.C14H22O2.Ni/c1-12(2)15-9-6-7-13(3)16(15)18-11-14-8-4-5-10-17-14;1-13(2,3)9-7-8-10(14(4,5)6)12(16)11(9)15;/h4-12H,1-3H3;7-8,15-16H,1-6H3;/q;;+2/p-2. The van der Waals surface area contributed by atoms with Crippen LogP contribution in [0.5, 0.6) is 11.5 Å². The van der Waals surface area contributed by atoms with Crippen molar-refractivity contribution in [3.63, 3.8) is 0 Å². The van der Waals surface area contributed by atoms with Crippen LogP contribution in [0, 0.1) is 6.92 Å². The van der Waals surface area contributed by atoms with Crippen LogP contribution in [0.1, 0.15) is 89.3 Å². The Morgan fingerprint density at radius 2 is 1.34 bits per heavy atom. The Labute approximate surface area is 221 Å². The Morgan fingerprint density at radius 3 is 1.77 bits per heavy atom. The minimum atomic E-state index is -0.347. The van der Waals surface area contributed by atoms with Gasteiger partial charge in [-0.15, -0.1) is 11.5 Å². The molecule has 5 heteroatoms. The molecule has 3 aromatic rings. The molecule has 2 aromatic carbocycles. The number of rotatable bonds is 3. The summed E-state index contributed by atoms with van der Waals surface area (Å²) in [6, 6.07) is 15.7. The van der Waals surface area contributed by atoms with E-state index in [1.807, 2.05) is 66.0 Å². The average molecular weight is 517 g/mol. The number of para-hydroxylation sites is 1. The number of aromatic nitrogens is 1. The Bertz CT molecular complexity index is 1090. The third kappa shape index (κ3) is 8.21. The van der Waals surface area contributed by atoms with E-state index in [4.69, 9.17) is 0 Å². The van der Waals surface area contributed by atoms with Crippen molar-refractivity contribution in [1.29, 1.82) is 0 Å². The van der Waals surface area contributed by atoms with Crippen molar-refractivity contribution < 1.29 is 26.7 Å². The fourth-order valence-corrected chi connectivity index (χ4v) is 3.65. The van der Waals surface area contributed by atoms with Gasteiger partial charge >= 0.3 is 16.5 Å². The van der Waals surface area contributed by atoms with Crippen molar-refractivity contribution in [2.75, 3.05) is 0 Å². The summed E-state index contributed by atoms with van der Waals surface area (Å²) >= 11 is 0. The molecule has 3 rings (SSSR count). The maximum absolute atomic E-state index is 12.0. The minimum Gasteiger partial charge on any atom is -0.873 e. The summed E-state index contributed by atoms with van der Waals surface area (Å²) < 4.78 is 0. The molecule has 0 unspecified atom stereocenters. The molecule has 0 bridgehead atoms. The summed E-state index contributed by atoms with van der Waals surface area (Å²) in [5.41, 5.74) is 5.10. The van der Waals surface area contributed by atoms with E-state index >= 15 is 0 Å². The van der Waals surface area contributed by atoms with Crippen molar-refractivity contribution >= 4 is 11.9 Å². The molecule has 0 amide bonds. The molecular formula is C30H38N2NiO2. The van der Waals surface area contributed by atoms with Gasteiger partial charge in [-0.05, 0) is 46.9 Å². The van der Waals surface area contributed by atoms with E-state index in [1.165, 1.54) is 11.1 Å². The van der Waals surface area contributed by atoms with Gasteiger partial charge in [0.2, 0.25) is 0 Å².